The number of carbonyl (C=O) groups is 3. The van der Waals surface area contributed by atoms with Crippen LogP contribution in [0.3, 0.4) is 0 Å². The Labute approximate surface area is 159 Å². The first kappa shape index (κ1) is 20.3. The summed E-state index contributed by atoms with van der Waals surface area (Å²) >= 11 is 4.20. The molecule has 3 amide bonds. The Hall–Kier alpha value is -2.02. The van der Waals surface area contributed by atoms with E-state index in [1.807, 2.05) is 18.2 Å². The van der Waals surface area contributed by atoms with Crippen molar-refractivity contribution in [3.05, 3.63) is 30.3 Å². The maximum atomic E-state index is 12.6. The van der Waals surface area contributed by atoms with Gasteiger partial charge in [-0.3, -0.25) is 14.4 Å². The van der Waals surface area contributed by atoms with Crippen LogP contribution < -0.4 is 16.0 Å². The zero-order valence-electron chi connectivity index (χ0n) is 14.9. The van der Waals surface area contributed by atoms with Gasteiger partial charge in [0, 0.05) is 12.1 Å². The van der Waals surface area contributed by atoms with Crippen molar-refractivity contribution in [1.29, 1.82) is 0 Å². The zero-order valence-corrected chi connectivity index (χ0v) is 15.8. The van der Waals surface area contributed by atoms with Gasteiger partial charge in [0.1, 0.15) is 12.1 Å². The summed E-state index contributed by atoms with van der Waals surface area (Å²) in [5.74, 6) is 0.162. The fraction of sp³-hybridized carbons (Fsp3) is 0.526. The van der Waals surface area contributed by atoms with Gasteiger partial charge < -0.3 is 16.0 Å². The molecule has 0 saturated carbocycles. The minimum absolute atomic E-state index is 0.115. The number of benzene rings is 1. The summed E-state index contributed by atoms with van der Waals surface area (Å²) in [6.45, 7) is 0. The van der Waals surface area contributed by atoms with Crippen molar-refractivity contribution >= 4 is 36.0 Å². The topological polar surface area (TPSA) is 87.3 Å². The van der Waals surface area contributed by atoms with Gasteiger partial charge in [-0.25, -0.2) is 0 Å². The molecule has 6 nitrogen and oxygen atoms in total. The van der Waals surface area contributed by atoms with E-state index in [0.717, 1.165) is 25.0 Å². The van der Waals surface area contributed by atoms with E-state index in [-0.39, 0.29) is 17.7 Å². The smallest absolute Gasteiger partial charge is 0.246 e. The van der Waals surface area contributed by atoms with Crippen LogP contribution in [0.25, 0.3) is 0 Å². The molecule has 0 bridgehead atoms. The van der Waals surface area contributed by atoms with E-state index < -0.39 is 12.1 Å². The fourth-order valence-electron chi connectivity index (χ4n) is 2.93. The summed E-state index contributed by atoms with van der Waals surface area (Å²) in [4.78, 5) is 36.6. The zero-order chi connectivity index (χ0) is 18.8. The molecule has 3 N–H and O–H groups in total. The quantitative estimate of drug-likeness (QED) is 0.393. The Balaban J connectivity index is 1.96. The lowest BCUT2D eigenvalue weighted by molar-refractivity contribution is -0.132. The standard InChI is InChI=1S/C19H27N3O3S/c23-17-12-7-11-15(21-17)19(25)22-16(10-5-2-6-13-26)18(24)20-14-8-3-1-4-9-14/h1,3-4,8-9,15-16,26H,2,5-7,10-13H2,(H,20,24)(H,21,23)(H,22,25)/t15-,16+/m0/s1. The van der Waals surface area contributed by atoms with Gasteiger partial charge in [0.05, 0.1) is 0 Å². The van der Waals surface area contributed by atoms with Gasteiger partial charge >= 0.3 is 0 Å². The molecule has 1 heterocycles. The van der Waals surface area contributed by atoms with E-state index in [9.17, 15) is 14.4 Å². The highest BCUT2D eigenvalue weighted by molar-refractivity contribution is 7.80. The lowest BCUT2D eigenvalue weighted by Gasteiger charge is -2.25. The maximum absolute atomic E-state index is 12.6. The van der Waals surface area contributed by atoms with Crippen LogP contribution in [0.15, 0.2) is 30.3 Å². The molecule has 0 spiro atoms. The molecular weight excluding hydrogens is 350 g/mol. The number of para-hydroxylation sites is 1. The van der Waals surface area contributed by atoms with Crippen LogP contribution in [-0.4, -0.2) is 35.6 Å². The first-order chi connectivity index (χ1) is 12.6. The van der Waals surface area contributed by atoms with Crippen molar-refractivity contribution in [2.75, 3.05) is 11.1 Å². The molecule has 1 aromatic rings. The van der Waals surface area contributed by atoms with Crippen molar-refractivity contribution in [2.24, 2.45) is 0 Å². The summed E-state index contributed by atoms with van der Waals surface area (Å²) in [6.07, 6.45) is 5.05. The number of amides is 3. The van der Waals surface area contributed by atoms with Gasteiger partial charge in [0.2, 0.25) is 17.7 Å². The molecule has 2 rings (SSSR count). The first-order valence-electron chi connectivity index (χ1n) is 9.16. The number of carbonyl (C=O) groups excluding carboxylic acids is 3. The molecule has 26 heavy (non-hydrogen) atoms. The number of anilines is 1. The SMILES string of the molecule is O=C1CCC[C@@H](C(=O)N[C@H](CCCCCS)C(=O)Nc2ccccc2)N1. The molecule has 1 aliphatic heterocycles. The van der Waals surface area contributed by atoms with Crippen molar-refractivity contribution in [3.63, 3.8) is 0 Å². The molecule has 1 fully saturated rings. The summed E-state index contributed by atoms with van der Waals surface area (Å²) < 4.78 is 0. The van der Waals surface area contributed by atoms with Crippen molar-refractivity contribution in [3.8, 4) is 0 Å². The van der Waals surface area contributed by atoms with Crippen molar-refractivity contribution in [1.82, 2.24) is 10.6 Å². The van der Waals surface area contributed by atoms with Gasteiger partial charge in [0.25, 0.3) is 0 Å². The molecule has 0 aromatic heterocycles. The second-order valence-electron chi connectivity index (χ2n) is 6.50. The highest BCUT2D eigenvalue weighted by atomic mass is 32.1. The van der Waals surface area contributed by atoms with Crippen molar-refractivity contribution < 1.29 is 14.4 Å². The fourth-order valence-corrected chi connectivity index (χ4v) is 3.15. The highest BCUT2D eigenvalue weighted by Crippen LogP contribution is 2.12. The van der Waals surface area contributed by atoms with E-state index in [4.69, 9.17) is 0 Å². The predicted molar refractivity (Wildman–Crippen MR) is 105 cm³/mol. The van der Waals surface area contributed by atoms with Crippen LogP contribution in [0.1, 0.15) is 44.9 Å². The predicted octanol–water partition coefficient (Wildman–Crippen LogP) is 2.27. The second-order valence-corrected chi connectivity index (χ2v) is 6.95. The summed E-state index contributed by atoms with van der Waals surface area (Å²) in [5, 5.41) is 8.36. The number of piperidine rings is 1. The number of thiol groups is 1. The van der Waals surface area contributed by atoms with E-state index in [1.165, 1.54) is 0 Å². The molecule has 0 unspecified atom stereocenters. The molecule has 1 saturated heterocycles. The van der Waals surface area contributed by atoms with Crippen LogP contribution in [0.5, 0.6) is 0 Å². The maximum Gasteiger partial charge on any atom is 0.246 e. The van der Waals surface area contributed by atoms with E-state index >= 15 is 0 Å². The average molecular weight is 378 g/mol. The first-order valence-corrected chi connectivity index (χ1v) is 9.80. The molecule has 142 valence electrons. The summed E-state index contributed by atoms with van der Waals surface area (Å²) in [7, 11) is 0. The van der Waals surface area contributed by atoms with Crippen LogP contribution in [0.4, 0.5) is 5.69 Å². The van der Waals surface area contributed by atoms with Gasteiger partial charge in [-0.1, -0.05) is 31.0 Å². The largest absolute Gasteiger partial charge is 0.344 e. The summed E-state index contributed by atoms with van der Waals surface area (Å²) in [6, 6.07) is 7.99. The van der Waals surface area contributed by atoms with Crippen LogP contribution in [0, 0.1) is 0 Å². The van der Waals surface area contributed by atoms with Gasteiger partial charge in [-0.2, -0.15) is 12.6 Å². The Morgan fingerprint density at radius 2 is 1.96 bits per heavy atom. The van der Waals surface area contributed by atoms with Crippen LogP contribution >= 0.6 is 12.6 Å². The Kier molecular flexibility index (Phi) is 8.47. The molecule has 2 atom stereocenters. The minimum Gasteiger partial charge on any atom is -0.344 e. The van der Waals surface area contributed by atoms with Gasteiger partial charge in [-0.15, -0.1) is 0 Å². The Bertz CT molecular complexity index is 609. The van der Waals surface area contributed by atoms with E-state index in [0.29, 0.717) is 31.4 Å². The third kappa shape index (κ3) is 6.71. The number of rotatable bonds is 9. The molecule has 1 aliphatic rings. The molecule has 7 heteroatoms. The number of hydrogen-bond donors (Lipinski definition) is 4. The van der Waals surface area contributed by atoms with Gasteiger partial charge in [0.15, 0.2) is 0 Å². The van der Waals surface area contributed by atoms with Crippen LogP contribution in [0.2, 0.25) is 0 Å². The molecule has 0 aliphatic carbocycles. The Morgan fingerprint density at radius 1 is 1.19 bits per heavy atom. The second kappa shape index (κ2) is 10.9. The van der Waals surface area contributed by atoms with E-state index in [2.05, 4.69) is 28.6 Å². The summed E-state index contributed by atoms with van der Waals surface area (Å²) in [5.41, 5.74) is 0.693. The third-order valence-electron chi connectivity index (χ3n) is 4.37. The molecular formula is C19H27N3O3S. The monoisotopic (exact) mass is 377 g/mol. The number of hydrogen-bond acceptors (Lipinski definition) is 4. The van der Waals surface area contributed by atoms with Crippen LogP contribution in [-0.2, 0) is 14.4 Å². The molecule has 1 aromatic carbocycles. The van der Waals surface area contributed by atoms with Crippen molar-refractivity contribution in [2.45, 2.75) is 57.0 Å². The third-order valence-corrected chi connectivity index (χ3v) is 4.69. The molecule has 0 radical (unpaired) electrons. The lowest BCUT2D eigenvalue weighted by Crippen LogP contribution is -2.53. The average Bonchev–Trinajstić information content (AvgIpc) is 2.65. The normalized spacial score (nSPS) is 17.9. The number of unbranched alkanes of at least 4 members (excludes halogenated alkanes) is 2. The Morgan fingerprint density at radius 3 is 2.65 bits per heavy atom. The minimum atomic E-state index is -0.624. The lowest BCUT2D eigenvalue weighted by atomic mass is 10.0. The number of nitrogens with one attached hydrogen (secondary N) is 3. The van der Waals surface area contributed by atoms with E-state index in [1.54, 1.807) is 12.1 Å². The highest BCUT2D eigenvalue weighted by Gasteiger charge is 2.28. The van der Waals surface area contributed by atoms with Gasteiger partial charge in [-0.05, 0) is 43.6 Å².